The van der Waals surface area contributed by atoms with E-state index in [1.54, 1.807) is 24.3 Å². The maximum atomic E-state index is 12.3. The first-order valence-corrected chi connectivity index (χ1v) is 6.82. The molecule has 0 amide bonds. The third-order valence-electron chi connectivity index (χ3n) is 3.01. The van der Waals surface area contributed by atoms with Crippen LogP contribution >= 0.6 is 0 Å². The lowest BCUT2D eigenvalue weighted by atomic mass is 10.1. The van der Waals surface area contributed by atoms with Gasteiger partial charge in [0.25, 0.3) is 0 Å². The normalized spacial score (nSPS) is 10.5. The second-order valence-electron chi connectivity index (χ2n) is 4.70. The van der Waals surface area contributed by atoms with E-state index in [9.17, 15) is 4.79 Å². The highest BCUT2D eigenvalue weighted by Gasteiger charge is 2.08. The van der Waals surface area contributed by atoms with E-state index in [1.807, 2.05) is 49.4 Å². The predicted octanol–water partition coefficient (Wildman–Crippen LogP) is 4.46. The van der Waals surface area contributed by atoms with Crippen LogP contribution in [-0.2, 0) is 0 Å². The van der Waals surface area contributed by atoms with Gasteiger partial charge in [-0.3, -0.25) is 4.79 Å². The minimum atomic E-state index is -0.0739. The average molecular weight is 278 g/mol. The van der Waals surface area contributed by atoms with Crippen molar-refractivity contribution >= 4 is 11.9 Å². The zero-order chi connectivity index (χ0) is 15.1. The number of allylic oxidation sites excluding steroid dienone is 1. The van der Waals surface area contributed by atoms with E-state index in [0.717, 1.165) is 5.56 Å². The molecule has 2 rings (SSSR count). The Hall–Kier alpha value is -2.61. The molecule has 2 heteroatoms. The Morgan fingerprint density at radius 3 is 2.57 bits per heavy atom. The number of hydrogen-bond donors (Lipinski definition) is 0. The van der Waals surface area contributed by atoms with E-state index in [4.69, 9.17) is 4.74 Å². The Bertz CT molecular complexity index is 652. The van der Waals surface area contributed by atoms with Gasteiger partial charge in [0.05, 0.1) is 5.56 Å². The van der Waals surface area contributed by atoms with Gasteiger partial charge in [-0.1, -0.05) is 60.7 Å². The smallest absolute Gasteiger partial charge is 0.189 e. The van der Waals surface area contributed by atoms with Crippen molar-refractivity contribution in [1.29, 1.82) is 0 Å². The quantitative estimate of drug-likeness (QED) is 0.443. The second-order valence-corrected chi connectivity index (χ2v) is 4.70. The number of para-hydroxylation sites is 1. The summed E-state index contributed by atoms with van der Waals surface area (Å²) in [6.07, 6.45) is 5.04. The molecule has 0 heterocycles. The largest absolute Gasteiger partial charge is 0.489 e. The van der Waals surface area contributed by atoms with Gasteiger partial charge in [-0.25, -0.2) is 0 Å². The molecule has 0 unspecified atom stereocenters. The van der Waals surface area contributed by atoms with Crippen LogP contribution in [0.3, 0.4) is 0 Å². The van der Waals surface area contributed by atoms with Crippen LogP contribution in [0.15, 0.2) is 67.3 Å². The van der Waals surface area contributed by atoms with Crippen molar-refractivity contribution in [2.24, 2.45) is 0 Å². The molecule has 0 atom stereocenters. The van der Waals surface area contributed by atoms with Crippen LogP contribution < -0.4 is 4.74 Å². The van der Waals surface area contributed by atoms with Crippen molar-refractivity contribution in [2.75, 3.05) is 6.61 Å². The monoisotopic (exact) mass is 278 g/mol. The Balaban J connectivity index is 2.16. The molecule has 0 aromatic heterocycles. The number of carbonyl (C=O) groups is 1. The standard InChI is InChI=1S/C19H18O2/c1-3-14-21-19-7-5-4-6-17(19)18(20)13-12-16-10-8-15(2)9-11-16/h3-13H,1,14H2,2H3/b13-12+. The fourth-order valence-corrected chi connectivity index (χ4v) is 1.88. The van der Waals surface area contributed by atoms with Crippen molar-refractivity contribution < 1.29 is 9.53 Å². The highest BCUT2D eigenvalue weighted by Crippen LogP contribution is 2.19. The van der Waals surface area contributed by atoms with E-state index in [1.165, 1.54) is 5.56 Å². The van der Waals surface area contributed by atoms with Crippen LogP contribution in [-0.4, -0.2) is 12.4 Å². The zero-order valence-corrected chi connectivity index (χ0v) is 12.1. The van der Waals surface area contributed by atoms with E-state index < -0.39 is 0 Å². The summed E-state index contributed by atoms with van der Waals surface area (Å²) in [4.78, 5) is 12.3. The van der Waals surface area contributed by atoms with Crippen LogP contribution in [0.4, 0.5) is 0 Å². The molecule has 0 spiro atoms. The molecule has 2 nitrogen and oxygen atoms in total. The zero-order valence-electron chi connectivity index (χ0n) is 12.1. The first-order valence-electron chi connectivity index (χ1n) is 6.82. The Kier molecular flexibility index (Phi) is 5.10. The Labute approximate surface area is 125 Å². The number of carbonyl (C=O) groups excluding carboxylic acids is 1. The van der Waals surface area contributed by atoms with Gasteiger partial charge >= 0.3 is 0 Å². The number of benzene rings is 2. The van der Waals surface area contributed by atoms with Crippen LogP contribution in [0.5, 0.6) is 5.75 Å². The summed E-state index contributed by atoms with van der Waals surface area (Å²) in [7, 11) is 0. The Morgan fingerprint density at radius 1 is 1.14 bits per heavy atom. The topological polar surface area (TPSA) is 26.3 Å². The third kappa shape index (κ3) is 4.18. The first kappa shape index (κ1) is 14.8. The van der Waals surface area contributed by atoms with Gasteiger partial charge in [0.1, 0.15) is 12.4 Å². The molecule has 21 heavy (non-hydrogen) atoms. The molecule has 0 radical (unpaired) electrons. The van der Waals surface area contributed by atoms with Crippen LogP contribution in [0.2, 0.25) is 0 Å². The fraction of sp³-hybridized carbons (Fsp3) is 0.105. The Morgan fingerprint density at radius 2 is 1.86 bits per heavy atom. The molecule has 0 aliphatic heterocycles. The van der Waals surface area contributed by atoms with Crippen molar-refractivity contribution in [3.05, 3.63) is 84.0 Å². The lowest BCUT2D eigenvalue weighted by Gasteiger charge is -2.07. The molecule has 0 bridgehead atoms. The van der Waals surface area contributed by atoms with Gasteiger partial charge in [0.2, 0.25) is 0 Å². The second kappa shape index (κ2) is 7.25. The van der Waals surface area contributed by atoms with Crippen molar-refractivity contribution in [2.45, 2.75) is 6.92 Å². The van der Waals surface area contributed by atoms with E-state index in [-0.39, 0.29) is 5.78 Å². The van der Waals surface area contributed by atoms with Gasteiger partial charge in [0.15, 0.2) is 5.78 Å². The maximum absolute atomic E-state index is 12.3. The molecule has 0 saturated heterocycles. The highest BCUT2D eigenvalue weighted by molar-refractivity contribution is 6.08. The molecular weight excluding hydrogens is 260 g/mol. The molecule has 0 aliphatic rings. The van der Waals surface area contributed by atoms with E-state index >= 15 is 0 Å². The van der Waals surface area contributed by atoms with Gasteiger partial charge in [-0.05, 0) is 30.7 Å². The average Bonchev–Trinajstić information content (AvgIpc) is 2.52. The molecule has 2 aromatic rings. The van der Waals surface area contributed by atoms with Gasteiger partial charge < -0.3 is 4.74 Å². The molecular formula is C19H18O2. The van der Waals surface area contributed by atoms with Crippen LogP contribution in [0, 0.1) is 6.92 Å². The molecule has 0 N–H and O–H groups in total. The van der Waals surface area contributed by atoms with Crippen molar-refractivity contribution in [3.63, 3.8) is 0 Å². The molecule has 0 saturated carbocycles. The lowest BCUT2D eigenvalue weighted by molar-refractivity contribution is 0.104. The summed E-state index contributed by atoms with van der Waals surface area (Å²) in [5, 5.41) is 0. The van der Waals surface area contributed by atoms with Crippen molar-refractivity contribution in [3.8, 4) is 5.75 Å². The van der Waals surface area contributed by atoms with Crippen LogP contribution in [0.1, 0.15) is 21.5 Å². The number of rotatable bonds is 6. The molecule has 0 fully saturated rings. The summed E-state index contributed by atoms with van der Waals surface area (Å²) in [5.41, 5.74) is 2.75. The van der Waals surface area contributed by atoms with Crippen LogP contribution in [0.25, 0.3) is 6.08 Å². The summed E-state index contributed by atoms with van der Waals surface area (Å²) in [6.45, 7) is 6.02. The maximum Gasteiger partial charge on any atom is 0.189 e. The summed E-state index contributed by atoms with van der Waals surface area (Å²) < 4.78 is 5.50. The van der Waals surface area contributed by atoms with Crippen molar-refractivity contribution in [1.82, 2.24) is 0 Å². The highest BCUT2D eigenvalue weighted by atomic mass is 16.5. The van der Waals surface area contributed by atoms with Gasteiger partial charge in [-0.15, -0.1) is 0 Å². The minimum Gasteiger partial charge on any atom is -0.489 e. The van der Waals surface area contributed by atoms with E-state index in [2.05, 4.69) is 6.58 Å². The number of ketones is 1. The lowest BCUT2D eigenvalue weighted by Crippen LogP contribution is -2.01. The first-order chi connectivity index (χ1) is 10.2. The third-order valence-corrected chi connectivity index (χ3v) is 3.01. The predicted molar refractivity (Wildman–Crippen MR) is 86.7 cm³/mol. The summed E-state index contributed by atoms with van der Waals surface area (Å²) in [5.74, 6) is 0.506. The molecule has 0 aliphatic carbocycles. The number of aryl methyl sites for hydroxylation is 1. The number of hydrogen-bond acceptors (Lipinski definition) is 2. The van der Waals surface area contributed by atoms with Gasteiger partial charge in [-0.2, -0.15) is 0 Å². The van der Waals surface area contributed by atoms with Gasteiger partial charge in [0, 0.05) is 0 Å². The SMILES string of the molecule is C=CCOc1ccccc1C(=O)/C=C/c1ccc(C)cc1. The molecule has 106 valence electrons. The summed E-state index contributed by atoms with van der Waals surface area (Å²) >= 11 is 0. The fourth-order valence-electron chi connectivity index (χ4n) is 1.88. The summed E-state index contributed by atoms with van der Waals surface area (Å²) in [6, 6.07) is 15.2. The minimum absolute atomic E-state index is 0.0739. The number of ether oxygens (including phenoxy) is 1. The molecule has 2 aromatic carbocycles. The van der Waals surface area contributed by atoms with E-state index in [0.29, 0.717) is 17.9 Å².